The van der Waals surface area contributed by atoms with E-state index in [0.717, 1.165) is 11.8 Å². The Hall–Kier alpha value is -1.63. The lowest BCUT2D eigenvalue weighted by molar-refractivity contribution is -0.139. The number of amides is 1. The average molecular weight is 317 g/mol. The molecule has 0 heterocycles. The van der Waals surface area contributed by atoms with Gasteiger partial charge in [-0.2, -0.15) is 0 Å². The van der Waals surface area contributed by atoms with Crippen LogP contribution < -0.4 is 5.32 Å². The van der Waals surface area contributed by atoms with Crippen molar-refractivity contribution in [1.29, 1.82) is 0 Å². The zero-order valence-corrected chi connectivity index (χ0v) is 12.6. The molecule has 0 aliphatic heterocycles. The van der Waals surface area contributed by atoms with Crippen molar-refractivity contribution in [1.82, 2.24) is 5.32 Å². The van der Waals surface area contributed by atoms with Gasteiger partial charge in [-0.25, -0.2) is 8.78 Å². The molecule has 0 aliphatic carbocycles. The predicted octanol–water partition coefficient (Wildman–Crippen LogP) is 1.92. The summed E-state index contributed by atoms with van der Waals surface area (Å²) >= 11 is 1.14. The summed E-state index contributed by atoms with van der Waals surface area (Å²) in [5, 5.41) is 2.11. The largest absolute Gasteiger partial charge is 0.468 e. The first-order valence-electron chi connectivity index (χ1n) is 6.34. The molecule has 1 rings (SSSR count). The molecule has 1 aromatic carbocycles. The van der Waals surface area contributed by atoms with Crippen LogP contribution in [-0.2, 0) is 20.7 Å². The molecule has 7 heteroatoms. The number of thioether (sulfide) groups is 1. The van der Waals surface area contributed by atoms with Crippen molar-refractivity contribution < 1.29 is 23.1 Å². The standard InChI is InChI=1S/C14H17F2NO3S/c1-9(14(19)20-2)21-8-13(18)17-7-6-10-11(15)4-3-5-12(10)16/h3-5,9H,6-8H2,1-2H3,(H,17,18). The molecule has 1 N–H and O–H groups in total. The monoisotopic (exact) mass is 317 g/mol. The first-order chi connectivity index (χ1) is 9.95. The second-order valence-corrected chi connectivity index (χ2v) is 5.61. The van der Waals surface area contributed by atoms with Crippen LogP contribution in [0.25, 0.3) is 0 Å². The summed E-state index contributed by atoms with van der Waals surface area (Å²) in [6.45, 7) is 1.77. The minimum Gasteiger partial charge on any atom is -0.468 e. The molecule has 0 aliphatic rings. The summed E-state index contributed by atoms with van der Waals surface area (Å²) in [5.74, 6) is -1.87. The van der Waals surface area contributed by atoms with E-state index in [0.29, 0.717) is 0 Å². The highest BCUT2D eigenvalue weighted by molar-refractivity contribution is 8.01. The van der Waals surface area contributed by atoms with Gasteiger partial charge in [0.05, 0.1) is 12.9 Å². The second kappa shape index (κ2) is 8.61. The second-order valence-electron chi connectivity index (χ2n) is 4.28. The highest BCUT2D eigenvalue weighted by atomic mass is 32.2. The number of hydrogen-bond acceptors (Lipinski definition) is 4. The topological polar surface area (TPSA) is 55.4 Å². The maximum Gasteiger partial charge on any atom is 0.318 e. The minimum absolute atomic E-state index is 0.0478. The summed E-state index contributed by atoms with van der Waals surface area (Å²) in [5.41, 5.74) is -0.0478. The first kappa shape index (κ1) is 17.4. The lowest BCUT2D eigenvalue weighted by atomic mass is 10.1. The molecule has 1 amide bonds. The number of rotatable bonds is 7. The molecule has 1 unspecified atom stereocenters. The Morgan fingerprint density at radius 1 is 1.33 bits per heavy atom. The summed E-state index contributed by atoms with van der Waals surface area (Å²) in [6, 6.07) is 3.64. The summed E-state index contributed by atoms with van der Waals surface area (Å²) in [6.07, 6.45) is 0.0709. The van der Waals surface area contributed by atoms with Crippen LogP contribution in [0, 0.1) is 11.6 Å². The van der Waals surface area contributed by atoms with Crippen molar-refractivity contribution in [2.75, 3.05) is 19.4 Å². The van der Waals surface area contributed by atoms with Gasteiger partial charge in [0, 0.05) is 12.1 Å². The highest BCUT2D eigenvalue weighted by Gasteiger charge is 2.15. The fourth-order valence-corrected chi connectivity index (χ4v) is 2.32. The Bertz CT molecular complexity index is 491. The quantitative estimate of drug-likeness (QED) is 0.781. The number of hydrogen-bond donors (Lipinski definition) is 1. The van der Waals surface area contributed by atoms with Gasteiger partial charge in [-0.3, -0.25) is 9.59 Å². The Balaban J connectivity index is 2.33. The van der Waals surface area contributed by atoms with Crippen molar-refractivity contribution in [2.24, 2.45) is 0 Å². The lowest BCUT2D eigenvalue weighted by Crippen LogP contribution is -2.29. The highest BCUT2D eigenvalue weighted by Crippen LogP contribution is 2.13. The molecule has 4 nitrogen and oxygen atoms in total. The van der Waals surface area contributed by atoms with Crippen LogP contribution in [0.4, 0.5) is 8.78 Å². The van der Waals surface area contributed by atoms with E-state index < -0.39 is 22.9 Å². The molecular formula is C14H17F2NO3S. The van der Waals surface area contributed by atoms with Crippen molar-refractivity contribution in [3.8, 4) is 0 Å². The van der Waals surface area contributed by atoms with Crippen LogP contribution in [0.2, 0.25) is 0 Å². The van der Waals surface area contributed by atoms with Crippen LogP contribution >= 0.6 is 11.8 Å². The Kier molecular flexibility index (Phi) is 7.14. The van der Waals surface area contributed by atoms with Crippen molar-refractivity contribution in [3.63, 3.8) is 0 Å². The third kappa shape index (κ3) is 5.71. The molecule has 0 saturated heterocycles. The number of halogens is 2. The van der Waals surface area contributed by atoms with E-state index in [2.05, 4.69) is 10.1 Å². The van der Waals surface area contributed by atoms with E-state index in [1.165, 1.54) is 25.3 Å². The smallest absolute Gasteiger partial charge is 0.318 e. The normalized spacial score (nSPS) is 11.8. The number of nitrogens with one attached hydrogen (secondary N) is 1. The molecule has 0 radical (unpaired) electrons. The number of ether oxygens (including phenoxy) is 1. The van der Waals surface area contributed by atoms with Gasteiger partial charge in [-0.15, -0.1) is 11.8 Å². The van der Waals surface area contributed by atoms with E-state index in [-0.39, 0.29) is 30.2 Å². The fraction of sp³-hybridized carbons (Fsp3) is 0.429. The molecule has 0 bridgehead atoms. The van der Waals surface area contributed by atoms with Gasteiger partial charge in [-0.05, 0) is 25.5 Å². The Morgan fingerprint density at radius 2 is 1.95 bits per heavy atom. The van der Waals surface area contributed by atoms with Crippen LogP contribution in [-0.4, -0.2) is 36.5 Å². The van der Waals surface area contributed by atoms with E-state index in [4.69, 9.17) is 0 Å². The summed E-state index contributed by atoms with van der Waals surface area (Å²) in [7, 11) is 1.28. The van der Waals surface area contributed by atoms with Gasteiger partial charge < -0.3 is 10.1 Å². The first-order valence-corrected chi connectivity index (χ1v) is 7.39. The van der Waals surface area contributed by atoms with Gasteiger partial charge in [0.1, 0.15) is 16.9 Å². The Morgan fingerprint density at radius 3 is 2.52 bits per heavy atom. The molecule has 21 heavy (non-hydrogen) atoms. The fourth-order valence-electron chi connectivity index (χ4n) is 1.58. The lowest BCUT2D eigenvalue weighted by Gasteiger charge is -2.09. The molecule has 116 valence electrons. The summed E-state index contributed by atoms with van der Waals surface area (Å²) in [4.78, 5) is 22.7. The van der Waals surface area contributed by atoms with Crippen LogP contribution in [0.3, 0.4) is 0 Å². The predicted molar refractivity (Wildman–Crippen MR) is 77.0 cm³/mol. The SMILES string of the molecule is COC(=O)C(C)SCC(=O)NCCc1c(F)cccc1F. The van der Waals surface area contributed by atoms with E-state index in [1.807, 2.05) is 0 Å². The molecular weight excluding hydrogens is 300 g/mol. The van der Waals surface area contributed by atoms with Crippen LogP contribution in [0.15, 0.2) is 18.2 Å². The third-order valence-electron chi connectivity index (χ3n) is 2.76. The number of esters is 1. The minimum atomic E-state index is -0.627. The van der Waals surface area contributed by atoms with Crippen molar-refractivity contribution in [3.05, 3.63) is 35.4 Å². The molecule has 0 spiro atoms. The van der Waals surface area contributed by atoms with Gasteiger partial charge >= 0.3 is 5.97 Å². The number of benzene rings is 1. The van der Waals surface area contributed by atoms with Gasteiger partial charge in [-0.1, -0.05) is 6.07 Å². The van der Waals surface area contributed by atoms with Crippen molar-refractivity contribution >= 4 is 23.6 Å². The molecule has 0 saturated carbocycles. The maximum absolute atomic E-state index is 13.3. The van der Waals surface area contributed by atoms with Crippen LogP contribution in [0.1, 0.15) is 12.5 Å². The number of carbonyl (C=O) groups is 2. The molecule has 1 atom stereocenters. The van der Waals surface area contributed by atoms with Crippen molar-refractivity contribution in [2.45, 2.75) is 18.6 Å². The maximum atomic E-state index is 13.3. The number of carbonyl (C=O) groups excluding carboxylic acids is 2. The van der Waals surface area contributed by atoms with Crippen LogP contribution in [0.5, 0.6) is 0 Å². The van der Waals surface area contributed by atoms with E-state index in [1.54, 1.807) is 6.92 Å². The zero-order chi connectivity index (χ0) is 15.8. The Labute approximate surface area is 126 Å². The molecule has 1 aromatic rings. The van der Waals surface area contributed by atoms with Gasteiger partial charge in [0.25, 0.3) is 0 Å². The molecule has 0 fully saturated rings. The van der Waals surface area contributed by atoms with E-state index in [9.17, 15) is 18.4 Å². The van der Waals surface area contributed by atoms with Gasteiger partial charge in [0.15, 0.2) is 0 Å². The summed E-state index contributed by atoms with van der Waals surface area (Å²) < 4.78 is 31.2. The third-order valence-corrected chi connectivity index (χ3v) is 3.88. The average Bonchev–Trinajstić information content (AvgIpc) is 2.46. The van der Waals surface area contributed by atoms with E-state index >= 15 is 0 Å². The number of methoxy groups -OCH3 is 1. The zero-order valence-electron chi connectivity index (χ0n) is 11.8. The van der Waals surface area contributed by atoms with Gasteiger partial charge in [0.2, 0.25) is 5.91 Å². The molecule has 0 aromatic heterocycles.